The molecule has 0 aliphatic carbocycles. The van der Waals surface area contributed by atoms with E-state index in [1.54, 1.807) is 0 Å². The van der Waals surface area contributed by atoms with Gasteiger partial charge in [0.2, 0.25) is 0 Å². The number of aryl methyl sites for hydroxylation is 1. The Morgan fingerprint density at radius 1 is 1.39 bits per heavy atom. The fourth-order valence-corrected chi connectivity index (χ4v) is 3.51. The molecule has 1 aromatic carbocycles. The largest absolute Gasteiger partial charge is 0.480 e. The molecule has 1 aromatic rings. The maximum Gasteiger partial charge on any atom is 0.321 e. The molecule has 0 spiro atoms. The summed E-state index contributed by atoms with van der Waals surface area (Å²) in [5.74, 6) is -0.257. The SMILES string of the molecule is CCc1ccc(C2CS(=O)CC(C(=O)O)N2)cc1. The van der Waals surface area contributed by atoms with Crippen LogP contribution in [-0.4, -0.2) is 32.8 Å². The van der Waals surface area contributed by atoms with Crippen molar-refractivity contribution < 1.29 is 14.1 Å². The van der Waals surface area contributed by atoms with Gasteiger partial charge in [-0.15, -0.1) is 0 Å². The quantitative estimate of drug-likeness (QED) is 0.860. The Labute approximate surface area is 109 Å². The van der Waals surface area contributed by atoms with Crippen LogP contribution in [0.5, 0.6) is 0 Å². The fourth-order valence-electron chi connectivity index (χ4n) is 2.10. The number of hydrogen-bond acceptors (Lipinski definition) is 3. The maximum atomic E-state index is 11.7. The third-order valence-corrected chi connectivity index (χ3v) is 4.61. The summed E-state index contributed by atoms with van der Waals surface area (Å²) < 4.78 is 11.7. The van der Waals surface area contributed by atoms with Crippen LogP contribution in [0.25, 0.3) is 0 Å². The number of aliphatic carboxylic acids is 1. The van der Waals surface area contributed by atoms with Crippen molar-refractivity contribution in [2.45, 2.75) is 25.4 Å². The highest BCUT2D eigenvalue weighted by atomic mass is 32.2. The van der Waals surface area contributed by atoms with E-state index in [-0.39, 0.29) is 11.8 Å². The molecule has 0 bridgehead atoms. The zero-order chi connectivity index (χ0) is 13.1. The molecule has 0 saturated carbocycles. The molecule has 2 N–H and O–H groups in total. The van der Waals surface area contributed by atoms with Crippen LogP contribution in [0.3, 0.4) is 0 Å². The van der Waals surface area contributed by atoms with Crippen LogP contribution < -0.4 is 5.32 Å². The van der Waals surface area contributed by atoms with E-state index < -0.39 is 22.8 Å². The maximum absolute atomic E-state index is 11.7. The molecule has 4 nitrogen and oxygen atoms in total. The summed E-state index contributed by atoms with van der Waals surface area (Å²) in [6.07, 6.45) is 0.974. The summed E-state index contributed by atoms with van der Waals surface area (Å²) in [5, 5.41) is 12.1. The molecule has 1 aliphatic heterocycles. The minimum Gasteiger partial charge on any atom is -0.480 e. The van der Waals surface area contributed by atoms with Gasteiger partial charge in [0, 0.05) is 28.3 Å². The summed E-state index contributed by atoms with van der Waals surface area (Å²) in [5.41, 5.74) is 2.25. The van der Waals surface area contributed by atoms with Gasteiger partial charge in [0.15, 0.2) is 0 Å². The van der Waals surface area contributed by atoms with Crippen LogP contribution >= 0.6 is 0 Å². The van der Waals surface area contributed by atoms with E-state index in [0.717, 1.165) is 12.0 Å². The first kappa shape index (κ1) is 13.2. The predicted molar refractivity (Wildman–Crippen MR) is 71.0 cm³/mol. The molecule has 3 unspecified atom stereocenters. The summed E-state index contributed by atoms with van der Waals surface area (Å²) >= 11 is 0. The molecule has 18 heavy (non-hydrogen) atoms. The van der Waals surface area contributed by atoms with Crippen molar-refractivity contribution in [2.75, 3.05) is 11.5 Å². The van der Waals surface area contributed by atoms with Gasteiger partial charge in [0.25, 0.3) is 0 Å². The minimum absolute atomic E-state index is 0.133. The first-order valence-corrected chi connectivity index (χ1v) is 7.51. The Balaban J connectivity index is 2.15. The lowest BCUT2D eigenvalue weighted by atomic mass is 10.0. The fraction of sp³-hybridized carbons (Fsp3) is 0.462. The number of carboxylic acids is 1. The van der Waals surface area contributed by atoms with E-state index in [9.17, 15) is 9.00 Å². The number of benzene rings is 1. The van der Waals surface area contributed by atoms with Gasteiger partial charge in [-0.1, -0.05) is 31.2 Å². The van der Waals surface area contributed by atoms with Crippen LogP contribution in [0.1, 0.15) is 24.1 Å². The highest BCUT2D eigenvalue weighted by Crippen LogP contribution is 2.20. The van der Waals surface area contributed by atoms with Gasteiger partial charge in [-0.25, -0.2) is 0 Å². The smallest absolute Gasteiger partial charge is 0.321 e. The molecule has 3 atom stereocenters. The van der Waals surface area contributed by atoms with Gasteiger partial charge in [-0.05, 0) is 17.5 Å². The molecular weight excluding hydrogens is 250 g/mol. The standard InChI is InChI=1S/C13H17NO3S/c1-2-9-3-5-10(6-4-9)11-7-18(17)8-12(14-11)13(15)16/h3-6,11-12,14H,2,7-8H2,1H3,(H,15,16). The van der Waals surface area contributed by atoms with E-state index in [2.05, 4.69) is 12.2 Å². The summed E-state index contributed by atoms with van der Waals surface area (Å²) in [6.45, 7) is 2.09. The van der Waals surface area contributed by atoms with Crippen molar-refractivity contribution in [1.82, 2.24) is 5.32 Å². The van der Waals surface area contributed by atoms with E-state index in [4.69, 9.17) is 5.11 Å². The second kappa shape index (κ2) is 5.63. The van der Waals surface area contributed by atoms with Gasteiger partial charge in [0.1, 0.15) is 6.04 Å². The third kappa shape index (κ3) is 2.97. The Morgan fingerprint density at radius 3 is 2.61 bits per heavy atom. The molecule has 0 aromatic heterocycles. The van der Waals surface area contributed by atoms with Crippen LogP contribution in [0.15, 0.2) is 24.3 Å². The number of nitrogens with one attached hydrogen (secondary N) is 1. The summed E-state index contributed by atoms with van der Waals surface area (Å²) in [6, 6.07) is 7.19. The Hall–Kier alpha value is -1.20. The number of carbonyl (C=O) groups is 1. The lowest BCUT2D eigenvalue weighted by Crippen LogP contribution is -2.49. The van der Waals surface area contributed by atoms with Crippen LogP contribution in [-0.2, 0) is 22.0 Å². The zero-order valence-corrected chi connectivity index (χ0v) is 11.1. The first-order chi connectivity index (χ1) is 8.60. The Morgan fingerprint density at radius 2 is 2.06 bits per heavy atom. The van der Waals surface area contributed by atoms with Crippen molar-refractivity contribution in [2.24, 2.45) is 0 Å². The van der Waals surface area contributed by atoms with Crippen molar-refractivity contribution in [3.8, 4) is 0 Å². The van der Waals surface area contributed by atoms with Crippen LogP contribution in [0, 0.1) is 0 Å². The topological polar surface area (TPSA) is 66.4 Å². The Kier molecular flexibility index (Phi) is 4.14. The molecular formula is C13H17NO3S. The molecule has 5 heteroatoms. The van der Waals surface area contributed by atoms with Crippen LogP contribution in [0.2, 0.25) is 0 Å². The molecule has 1 aliphatic rings. The van der Waals surface area contributed by atoms with E-state index in [1.165, 1.54) is 5.56 Å². The molecule has 1 saturated heterocycles. The molecule has 0 amide bonds. The third-order valence-electron chi connectivity index (χ3n) is 3.20. The van der Waals surface area contributed by atoms with E-state index >= 15 is 0 Å². The Bertz CT molecular complexity index is 458. The average molecular weight is 267 g/mol. The second-order valence-electron chi connectivity index (χ2n) is 4.48. The number of carboxylic acid groups (broad SMARTS) is 1. The molecule has 1 fully saturated rings. The monoisotopic (exact) mass is 267 g/mol. The van der Waals surface area contributed by atoms with Gasteiger partial charge >= 0.3 is 5.97 Å². The van der Waals surface area contributed by atoms with Gasteiger partial charge < -0.3 is 5.11 Å². The number of hydrogen-bond donors (Lipinski definition) is 2. The summed E-state index contributed by atoms with van der Waals surface area (Å²) in [4.78, 5) is 11.0. The zero-order valence-electron chi connectivity index (χ0n) is 10.3. The van der Waals surface area contributed by atoms with Crippen molar-refractivity contribution in [3.05, 3.63) is 35.4 Å². The van der Waals surface area contributed by atoms with Crippen molar-refractivity contribution >= 4 is 16.8 Å². The minimum atomic E-state index is -1.07. The second-order valence-corrected chi connectivity index (χ2v) is 6.02. The number of rotatable bonds is 3. The van der Waals surface area contributed by atoms with E-state index in [0.29, 0.717) is 5.75 Å². The van der Waals surface area contributed by atoms with Gasteiger partial charge in [0.05, 0.1) is 0 Å². The lowest BCUT2D eigenvalue weighted by Gasteiger charge is -2.28. The molecule has 1 heterocycles. The highest BCUT2D eigenvalue weighted by Gasteiger charge is 2.30. The summed E-state index contributed by atoms with van der Waals surface area (Å²) in [7, 11) is -1.07. The van der Waals surface area contributed by atoms with Crippen molar-refractivity contribution in [3.63, 3.8) is 0 Å². The molecule has 98 valence electrons. The first-order valence-electron chi connectivity index (χ1n) is 6.02. The predicted octanol–water partition coefficient (Wildman–Crippen LogP) is 1.10. The highest BCUT2D eigenvalue weighted by molar-refractivity contribution is 7.85. The van der Waals surface area contributed by atoms with Crippen LogP contribution in [0.4, 0.5) is 0 Å². The van der Waals surface area contributed by atoms with Crippen molar-refractivity contribution in [1.29, 1.82) is 0 Å². The van der Waals surface area contributed by atoms with Gasteiger partial charge in [-0.3, -0.25) is 14.3 Å². The molecule has 2 rings (SSSR count). The van der Waals surface area contributed by atoms with E-state index in [1.807, 2.05) is 24.3 Å². The molecule has 0 radical (unpaired) electrons. The normalized spacial score (nSPS) is 27.9. The van der Waals surface area contributed by atoms with Gasteiger partial charge in [-0.2, -0.15) is 0 Å². The lowest BCUT2D eigenvalue weighted by molar-refractivity contribution is -0.139. The average Bonchev–Trinajstić information content (AvgIpc) is 2.38.